The van der Waals surface area contributed by atoms with Crippen molar-refractivity contribution in [1.82, 2.24) is 0 Å². The third-order valence-electron chi connectivity index (χ3n) is 3.34. The molecule has 3 aromatic rings. The molecule has 0 spiro atoms. The number of benzene rings is 3. The summed E-state index contributed by atoms with van der Waals surface area (Å²) >= 11 is 0. The largest absolute Gasteiger partial charge is 0.466 e. The third kappa shape index (κ3) is 2.41. The Hall–Kier alpha value is -2.61. The minimum atomic E-state index is -0.344. The standard InChI is InChI=1S/C18H14O2/c1-20-18(19)9-7-13-6-8-16-11-14-4-2-3-5-15(14)12-17(16)10-13/h2-12H,1H3. The summed E-state index contributed by atoms with van der Waals surface area (Å²) < 4.78 is 4.59. The van der Waals surface area contributed by atoms with E-state index in [-0.39, 0.29) is 5.97 Å². The Morgan fingerprint density at radius 2 is 1.55 bits per heavy atom. The van der Waals surface area contributed by atoms with Crippen molar-refractivity contribution < 1.29 is 9.53 Å². The second-order valence-electron chi connectivity index (χ2n) is 4.66. The summed E-state index contributed by atoms with van der Waals surface area (Å²) in [4.78, 5) is 11.1. The predicted molar refractivity (Wildman–Crippen MR) is 82.5 cm³/mol. The molecule has 0 fully saturated rings. The first kappa shape index (κ1) is 12.4. The van der Waals surface area contributed by atoms with Crippen molar-refractivity contribution in [2.45, 2.75) is 0 Å². The van der Waals surface area contributed by atoms with Crippen LogP contribution < -0.4 is 0 Å². The highest BCUT2D eigenvalue weighted by Gasteiger charge is 1.99. The summed E-state index contributed by atoms with van der Waals surface area (Å²) in [5.41, 5.74) is 0.984. The quantitative estimate of drug-likeness (QED) is 0.393. The number of ether oxygens (including phenoxy) is 1. The molecule has 98 valence electrons. The molecule has 0 saturated carbocycles. The smallest absolute Gasteiger partial charge is 0.330 e. The molecule has 2 nitrogen and oxygen atoms in total. The van der Waals surface area contributed by atoms with Gasteiger partial charge in [-0.2, -0.15) is 0 Å². The molecule has 0 N–H and O–H groups in total. The Kier molecular flexibility index (Phi) is 3.21. The van der Waals surface area contributed by atoms with Gasteiger partial charge in [0.15, 0.2) is 0 Å². The summed E-state index contributed by atoms with van der Waals surface area (Å²) in [6.45, 7) is 0. The van der Waals surface area contributed by atoms with E-state index >= 15 is 0 Å². The van der Waals surface area contributed by atoms with Crippen LogP contribution in [-0.2, 0) is 9.53 Å². The first-order valence-electron chi connectivity index (χ1n) is 6.45. The number of rotatable bonds is 2. The lowest BCUT2D eigenvalue weighted by Gasteiger charge is -2.03. The number of fused-ring (bicyclic) bond motifs is 2. The highest BCUT2D eigenvalue weighted by molar-refractivity contribution is 5.99. The molecule has 0 aliphatic heterocycles. The fraction of sp³-hybridized carbons (Fsp3) is 0.0556. The minimum absolute atomic E-state index is 0.344. The van der Waals surface area contributed by atoms with Crippen molar-refractivity contribution in [3.8, 4) is 0 Å². The van der Waals surface area contributed by atoms with E-state index in [4.69, 9.17) is 0 Å². The number of esters is 1. The van der Waals surface area contributed by atoms with Gasteiger partial charge in [-0.15, -0.1) is 0 Å². The van der Waals surface area contributed by atoms with Gasteiger partial charge in [-0.1, -0.05) is 36.4 Å². The molecule has 0 radical (unpaired) electrons. The third-order valence-corrected chi connectivity index (χ3v) is 3.34. The summed E-state index contributed by atoms with van der Waals surface area (Å²) in [5.74, 6) is -0.344. The fourth-order valence-electron chi connectivity index (χ4n) is 2.29. The monoisotopic (exact) mass is 262 g/mol. The molecule has 3 aromatic carbocycles. The van der Waals surface area contributed by atoms with Crippen molar-refractivity contribution in [1.29, 1.82) is 0 Å². The topological polar surface area (TPSA) is 26.3 Å². The number of carbonyl (C=O) groups excluding carboxylic acids is 1. The summed E-state index contributed by atoms with van der Waals surface area (Å²) in [6, 6.07) is 18.8. The zero-order chi connectivity index (χ0) is 13.9. The van der Waals surface area contributed by atoms with E-state index in [1.807, 2.05) is 18.2 Å². The van der Waals surface area contributed by atoms with E-state index in [9.17, 15) is 4.79 Å². The van der Waals surface area contributed by atoms with E-state index in [0.29, 0.717) is 0 Å². The van der Waals surface area contributed by atoms with Gasteiger partial charge in [0.25, 0.3) is 0 Å². The van der Waals surface area contributed by atoms with Gasteiger partial charge in [0.2, 0.25) is 0 Å². The molecule has 3 rings (SSSR count). The van der Waals surface area contributed by atoms with Crippen molar-refractivity contribution >= 4 is 33.6 Å². The molecular formula is C18H14O2. The highest BCUT2D eigenvalue weighted by Crippen LogP contribution is 2.24. The summed E-state index contributed by atoms with van der Waals surface area (Å²) in [6.07, 6.45) is 3.20. The maximum Gasteiger partial charge on any atom is 0.330 e. The molecule has 0 bridgehead atoms. The van der Waals surface area contributed by atoms with E-state index in [2.05, 4.69) is 41.1 Å². The molecule has 0 aromatic heterocycles. The number of hydrogen-bond donors (Lipinski definition) is 0. The van der Waals surface area contributed by atoms with E-state index < -0.39 is 0 Å². The van der Waals surface area contributed by atoms with Gasteiger partial charge in [-0.05, 0) is 51.4 Å². The normalized spacial score (nSPS) is 11.2. The van der Waals surface area contributed by atoms with Gasteiger partial charge >= 0.3 is 5.97 Å². The molecule has 0 aliphatic carbocycles. The van der Waals surface area contributed by atoms with Gasteiger partial charge in [0.05, 0.1) is 7.11 Å². The predicted octanol–water partition coefficient (Wildman–Crippen LogP) is 4.18. The molecule has 20 heavy (non-hydrogen) atoms. The summed E-state index contributed by atoms with van der Waals surface area (Å²) in [7, 11) is 1.37. The second-order valence-corrected chi connectivity index (χ2v) is 4.66. The van der Waals surface area contributed by atoms with E-state index in [0.717, 1.165) is 10.9 Å². The van der Waals surface area contributed by atoms with Crippen molar-refractivity contribution in [3.63, 3.8) is 0 Å². The van der Waals surface area contributed by atoms with Crippen LogP contribution in [0.2, 0.25) is 0 Å². The Labute approximate surface area is 117 Å². The average Bonchev–Trinajstić information content (AvgIpc) is 2.50. The lowest BCUT2D eigenvalue weighted by molar-refractivity contribution is -0.134. The van der Waals surface area contributed by atoms with Gasteiger partial charge < -0.3 is 4.74 Å². The second kappa shape index (κ2) is 5.17. The lowest BCUT2D eigenvalue weighted by Crippen LogP contribution is -1.93. The first-order valence-corrected chi connectivity index (χ1v) is 6.45. The van der Waals surface area contributed by atoms with Crippen LogP contribution in [0.1, 0.15) is 5.56 Å². The molecule has 0 saturated heterocycles. The molecule has 2 heteroatoms. The van der Waals surface area contributed by atoms with Crippen LogP contribution in [0.5, 0.6) is 0 Å². The zero-order valence-electron chi connectivity index (χ0n) is 11.2. The van der Waals surface area contributed by atoms with Crippen LogP contribution >= 0.6 is 0 Å². The van der Waals surface area contributed by atoms with Gasteiger partial charge in [0, 0.05) is 6.08 Å². The van der Waals surface area contributed by atoms with Crippen molar-refractivity contribution in [2.75, 3.05) is 7.11 Å². The van der Waals surface area contributed by atoms with Crippen molar-refractivity contribution in [3.05, 3.63) is 66.2 Å². The number of carbonyl (C=O) groups is 1. The molecular weight excluding hydrogens is 248 g/mol. The molecule has 0 unspecified atom stereocenters. The van der Waals surface area contributed by atoms with Crippen LogP contribution in [0.15, 0.2) is 60.7 Å². The first-order chi connectivity index (χ1) is 9.76. The van der Waals surface area contributed by atoms with Crippen molar-refractivity contribution in [2.24, 2.45) is 0 Å². The summed E-state index contributed by atoms with van der Waals surface area (Å²) in [5, 5.41) is 4.81. The van der Waals surface area contributed by atoms with Crippen LogP contribution in [-0.4, -0.2) is 13.1 Å². The maximum absolute atomic E-state index is 11.1. The highest BCUT2D eigenvalue weighted by atomic mass is 16.5. The van der Waals surface area contributed by atoms with E-state index in [1.165, 1.54) is 29.3 Å². The van der Waals surface area contributed by atoms with Gasteiger partial charge in [-0.3, -0.25) is 0 Å². The van der Waals surface area contributed by atoms with Crippen LogP contribution in [0, 0.1) is 0 Å². The number of methoxy groups -OCH3 is 1. The lowest BCUT2D eigenvalue weighted by atomic mass is 10.0. The molecule has 0 amide bonds. The maximum atomic E-state index is 11.1. The zero-order valence-corrected chi connectivity index (χ0v) is 11.2. The molecule has 0 atom stereocenters. The molecule has 0 heterocycles. The SMILES string of the molecule is COC(=O)C=Cc1ccc2cc3ccccc3cc2c1. The fourth-order valence-corrected chi connectivity index (χ4v) is 2.29. The van der Waals surface area contributed by atoms with Gasteiger partial charge in [-0.25, -0.2) is 4.79 Å². The van der Waals surface area contributed by atoms with Crippen LogP contribution in [0.4, 0.5) is 0 Å². The Balaban J connectivity index is 2.08. The Bertz CT molecular complexity index is 816. The van der Waals surface area contributed by atoms with Crippen LogP contribution in [0.25, 0.3) is 27.6 Å². The Morgan fingerprint density at radius 3 is 2.25 bits per heavy atom. The Morgan fingerprint density at radius 1 is 0.900 bits per heavy atom. The van der Waals surface area contributed by atoms with Crippen LogP contribution in [0.3, 0.4) is 0 Å². The number of hydrogen-bond acceptors (Lipinski definition) is 2. The molecule has 0 aliphatic rings. The van der Waals surface area contributed by atoms with Gasteiger partial charge in [0.1, 0.15) is 0 Å². The van der Waals surface area contributed by atoms with E-state index in [1.54, 1.807) is 6.08 Å². The minimum Gasteiger partial charge on any atom is -0.466 e. The average molecular weight is 262 g/mol.